The molecule has 1 aliphatic rings. The smallest absolute Gasteiger partial charge is 0.211 e. The molecule has 1 aromatic heterocycles. The molecule has 0 aromatic carbocycles. The van der Waals surface area contributed by atoms with Crippen molar-refractivity contribution in [2.24, 2.45) is 0 Å². The second-order valence-corrected chi connectivity index (χ2v) is 7.15. The van der Waals surface area contributed by atoms with Crippen LogP contribution in [-0.2, 0) is 23.1 Å². The van der Waals surface area contributed by atoms with Crippen molar-refractivity contribution in [3.8, 4) is 0 Å². The van der Waals surface area contributed by atoms with E-state index in [4.69, 9.17) is 0 Å². The van der Waals surface area contributed by atoms with Crippen LogP contribution in [0.2, 0.25) is 0 Å². The third-order valence-electron chi connectivity index (χ3n) is 3.69. The minimum absolute atomic E-state index is 0.419. The lowest BCUT2D eigenvalue weighted by Gasteiger charge is -2.30. The number of rotatable bonds is 5. The monoisotopic (exact) mass is 285 g/mol. The predicted molar refractivity (Wildman–Crippen MR) is 76.4 cm³/mol. The average Bonchev–Trinajstić information content (AvgIpc) is 2.84. The molecule has 1 saturated heterocycles. The van der Waals surface area contributed by atoms with Crippen molar-refractivity contribution in [1.29, 1.82) is 0 Å². The first-order valence-corrected chi connectivity index (χ1v) is 8.67. The molecule has 2 heterocycles. The molecule has 1 N–H and O–H groups in total. The molecule has 108 valence electrons. The zero-order valence-electron chi connectivity index (χ0n) is 11.7. The van der Waals surface area contributed by atoms with Crippen LogP contribution in [0.3, 0.4) is 0 Å². The number of piperidine rings is 1. The van der Waals surface area contributed by atoms with Crippen LogP contribution in [0.15, 0.2) is 18.5 Å². The molecule has 0 atom stereocenters. The summed E-state index contributed by atoms with van der Waals surface area (Å²) in [5.41, 5.74) is 1.28. The fourth-order valence-electron chi connectivity index (χ4n) is 2.45. The molecule has 0 radical (unpaired) electrons. The van der Waals surface area contributed by atoms with Crippen molar-refractivity contribution in [2.75, 3.05) is 19.3 Å². The fraction of sp³-hybridized carbons (Fsp3) is 0.692. The zero-order chi connectivity index (χ0) is 13.9. The molecule has 1 fully saturated rings. The Labute approximate surface area is 115 Å². The number of aromatic nitrogens is 1. The second kappa shape index (κ2) is 6.07. The molecule has 0 unspecified atom stereocenters. The van der Waals surface area contributed by atoms with Gasteiger partial charge >= 0.3 is 0 Å². The normalized spacial score (nSPS) is 18.8. The van der Waals surface area contributed by atoms with Crippen molar-refractivity contribution in [3.05, 3.63) is 24.0 Å². The molecule has 0 spiro atoms. The predicted octanol–water partition coefficient (Wildman–Crippen LogP) is 1.02. The van der Waals surface area contributed by atoms with E-state index in [-0.39, 0.29) is 0 Å². The summed E-state index contributed by atoms with van der Waals surface area (Å²) in [7, 11) is -3.01. The van der Waals surface area contributed by atoms with Crippen molar-refractivity contribution in [3.63, 3.8) is 0 Å². The first-order chi connectivity index (χ1) is 8.99. The Hall–Kier alpha value is -0.850. The van der Waals surface area contributed by atoms with Crippen molar-refractivity contribution in [2.45, 2.75) is 38.9 Å². The number of nitrogens with zero attached hydrogens (tertiary/aromatic N) is 2. The highest BCUT2D eigenvalue weighted by molar-refractivity contribution is 7.88. The lowest BCUT2D eigenvalue weighted by Crippen LogP contribution is -2.44. The van der Waals surface area contributed by atoms with Crippen molar-refractivity contribution < 1.29 is 8.42 Å². The summed E-state index contributed by atoms with van der Waals surface area (Å²) >= 11 is 0. The van der Waals surface area contributed by atoms with Gasteiger partial charge in [-0.1, -0.05) is 0 Å². The quantitative estimate of drug-likeness (QED) is 0.879. The summed E-state index contributed by atoms with van der Waals surface area (Å²) in [6.45, 7) is 5.24. The summed E-state index contributed by atoms with van der Waals surface area (Å²) < 4.78 is 26.5. The zero-order valence-corrected chi connectivity index (χ0v) is 12.5. The van der Waals surface area contributed by atoms with Crippen LogP contribution in [0.4, 0.5) is 0 Å². The third kappa shape index (κ3) is 4.06. The molecule has 5 nitrogen and oxygen atoms in total. The SMILES string of the molecule is CCn1ccc(CNC2CCN(S(C)(=O)=O)CC2)c1. The summed E-state index contributed by atoms with van der Waals surface area (Å²) in [6.07, 6.45) is 7.30. The molecule has 0 saturated carbocycles. The van der Waals surface area contributed by atoms with E-state index >= 15 is 0 Å². The highest BCUT2D eigenvalue weighted by Gasteiger charge is 2.24. The first-order valence-electron chi connectivity index (χ1n) is 6.82. The molecule has 0 amide bonds. The van der Waals surface area contributed by atoms with Crippen LogP contribution in [0.25, 0.3) is 0 Å². The van der Waals surface area contributed by atoms with Gasteiger partial charge in [-0.3, -0.25) is 0 Å². The highest BCUT2D eigenvalue weighted by Crippen LogP contribution is 2.13. The maximum atomic E-state index is 11.4. The van der Waals surface area contributed by atoms with E-state index in [1.165, 1.54) is 11.8 Å². The Morgan fingerprint density at radius 2 is 2.05 bits per heavy atom. The summed E-state index contributed by atoms with van der Waals surface area (Å²) in [6, 6.07) is 2.55. The minimum Gasteiger partial charge on any atom is -0.354 e. The van der Waals surface area contributed by atoms with E-state index in [1.54, 1.807) is 4.31 Å². The second-order valence-electron chi connectivity index (χ2n) is 5.17. The van der Waals surface area contributed by atoms with E-state index in [2.05, 4.69) is 35.3 Å². The fourth-order valence-corrected chi connectivity index (χ4v) is 3.32. The molecule has 0 aliphatic carbocycles. The largest absolute Gasteiger partial charge is 0.354 e. The van der Waals surface area contributed by atoms with Gasteiger partial charge in [0.1, 0.15) is 0 Å². The molecule has 6 heteroatoms. The van der Waals surface area contributed by atoms with E-state index in [0.717, 1.165) is 25.9 Å². The average molecular weight is 285 g/mol. The topological polar surface area (TPSA) is 54.3 Å². The van der Waals surface area contributed by atoms with Crippen LogP contribution in [-0.4, -0.2) is 42.7 Å². The molecule has 1 aliphatic heterocycles. The standard InChI is InChI=1S/C13H23N3O2S/c1-3-15-7-4-12(11-15)10-14-13-5-8-16(9-6-13)19(2,17)18/h4,7,11,13-14H,3,5-6,8-10H2,1-2H3. The Kier molecular flexibility index (Phi) is 4.65. The van der Waals surface area contributed by atoms with Gasteiger partial charge in [0.25, 0.3) is 0 Å². The van der Waals surface area contributed by atoms with Gasteiger partial charge in [-0.05, 0) is 31.4 Å². The minimum atomic E-state index is -3.01. The maximum absolute atomic E-state index is 11.4. The van der Waals surface area contributed by atoms with E-state index in [9.17, 15) is 8.42 Å². The molecule has 2 rings (SSSR count). The van der Waals surface area contributed by atoms with Crippen molar-refractivity contribution >= 4 is 10.0 Å². The molecule has 1 aromatic rings. The molecular weight excluding hydrogens is 262 g/mol. The Morgan fingerprint density at radius 3 is 2.58 bits per heavy atom. The molecular formula is C13H23N3O2S. The van der Waals surface area contributed by atoms with Gasteiger partial charge in [0.05, 0.1) is 6.26 Å². The third-order valence-corrected chi connectivity index (χ3v) is 5.00. The lowest BCUT2D eigenvalue weighted by atomic mass is 10.1. The van der Waals surface area contributed by atoms with Gasteiger partial charge < -0.3 is 9.88 Å². The summed E-state index contributed by atoms with van der Waals surface area (Å²) in [5, 5.41) is 3.51. The van der Waals surface area contributed by atoms with E-state index in [1.807, 2.05) is 0 Å². The number of sulfonamides is 1. The maximum Gasteiger partial charge on any atom is 0.211 e. The van der Waals surface area contributed by atoms with Gasteiger partial charge in [-0.25, -0.2) is 12.7 Å². The number of hydrogen-bond donors (Lipinski definition) is 1. The van der Waals surface area contributed by atoms with Crippen molar-refractivity contribution in [1.82, 2.24) is 14.2 Å². The van der Waals surface area contributed by atoms with E-state index in [0.29, 0.717) is 19.1 Å². The summed E-state index contributed by atoms with van der Waals surface area (Å²) in [5.74, 6) is 0. The molecule has 0 bridgehead atoms. The number of hydrogen-bond acceptors (Lipinski definition) is 3. The van der Waals surface area contributed by atoms with Gasteiger partial charge in [0.15, 0.2) is 0 Å². The van der Waals surface area contributed by atoms with Gasteiger partial charge in [-0.2, -0.15) is 0 Å². The summed E-state index contributed by atoms with van der Waals surface area (Å²) in [4.78, 5) is 0. The van der Waals surface area contributed by atoms with Gasteiger partial charge in [0.2, 0.25) is 10.0 Å². The lowest BCUT2D eigenvalue weighted by molar-refractivity contribution is 0.290. The van der Waals surface area contributed by atoms with Crippen LogP contribution >= 0.6 is 0 Å². The Balaban J connectivity index is 1.77. The Bertz CT molecular complexity index is 502. The van der Waals surface area contributed by atoms with Crippen LogP contribution in [0.1, 0.15) is 25.3 Å². The van der Waals surface area contributed by atoms with E-state index < -0.39 is 10.0 Å². The molecule has 19 heavy (non-hydrogen) atoms. The Morgan fingerprint density at radius 1 is 1.37 bits per heavy atom. The first kappa shape index (κ1) is 14.6. The van der Waals surface area contributed by atoms with Gasteiger partial charge in [0, 0.05) is 44.6 Å². The van der Waals surface area contributed by atoms with Crippen LogP contribution < -0.4 is 5.32 Å². The van der Waals surface area contributed by atoms with Gasteiger partial charge in [-0.15, -0.1) is 0 Å². The highest BCUT2D eigenvalue weighted by atomic mass is 32.2. The number of nitrogens with one attached hydrogen (secondary N) is 1. The number of aryl methyl sites for hydroxylation is 1. The van der Waals surface area contributed by atoms with Crippen LogP contribution in [0, 0.1) is 0 Å². The van der Waals surface area contributed by atoms with Crippen LogP contribution in [0.5, 0.6) is 0 Å².